The second-order valence-electron chi connectivity index (χ2n) is 3.77. The molecule has 0 aliphatic carbocycles. The van der Waals surface area contributed by atoms with Gasteiger partial charge in [0.2, 0.25) is 0 Å². The van der Waals surface area contributed by atoms with E-state index in [1.54, 1.807) is 12.4 Å². The maximum absolute atomic E-state index is 4.37. The fourth-order valence-electron chi connectivity index (χ4n) is 1.75. The van der Waals surface area contributed by atoms with Crippen molar-refractivity contribution in [2.24, 2.45) is 5.10 Å². The van der Waals surface area contributed by atoms with Gasteiger partial charge >= 0.3 is 0 Å². The zero-order valence-electron chi connectivity index (χ0n) is 9.17. The van der Waals surface area contributed by atoms with Gasteiger partial charge in [0.25, 0.3) is 0 Å². The van der Waals surface area contributed by atoms with Crippen molar-refractivity contribution in [3.8, 4) is 0 Å². The molecule has 1 N–H and O–H groups in total. The topological polar surface area (TPSA) is 37.3 Å². The van der Waals surface area contributed by atoms with Crippen LogP contribution in [0.5, 0.6) is 0 Å². The number of hydrazone groups is 1. The Kier molecular flexibility index (Phi) is 2.43. The number of aromatic nitrogens is 1. The van der Waals surface area contributed by atoms with Gasteiger partial charge in [0.1, 0.15) is 0 Å². The van der Waals surface area contributed by atoms with Crippen molar-refractivity contribution in [1.82, 2.24) is 4.98 Å². The number of rotatable bonds is 1. The Morgan fingerprint density at radius 2 is 1.88 bits per heavy atom. The van der Waals surface area contributed by atoms with E-state index >= 15 is 0 Å². The quantitative estimate of drug-likeness (QED) is 0.803. The third-order valence-corrected chi connectivity index (χ3v) is 2.64. The molecular weight excluding hydrogens is 210 g/mol. The van der Waals surface area contributed by atoms with Gasteiger partial charge in [-0.2, -0.15) is 5.10 Å². The molecule has 3 rings (SSSR count). The van der Waals surface area contributed by atoms with Crippen molar-refractivity contribution in [3.63, 3.8) is 0 Å². The predicted molar refractivity (Wildman–Crippen MR) is 69.9 cm³/mol. The lowest BCUT2D eigenvalue weighted by Gasteiger charge is -2.02. The molecule has 0 unspecified atom stereocenters. The summed E-state index contributed by atoms with van der Waals surface area (Å²) in [5.41, 5.74) is 7.11. The van der Waals surface area contributed by atoms with E-state index in [9.17, 15) is 0 Å². The highest BCUT2D eigenvalue weighted by atomic mass is 15.3. The third kappa shape index (κ3) is 1.95. The molecule has 2 heterocycles. The van der Waals surface area contributed by atoms with E-state index in [2.05, 4.69) is 27.7 Å². The van der Waals surface area contributed by atoms with Crippen LogP contribution in [0.4, 0.5) is 5.69 Å². The first-order valence-electron chi connectivity index (χ1n) is 5.45. The number of pyridine rings is 1. The van der Waals surface area contributed by atoms with Crippen molar-refractivity contribution in [1.29, 1.82) is 0 Å². The van der Waals surface area contributed by atoms with Gasteiger partial charge in [-0.25, -0.2) is 0 Å². The lowest BCUT2D eigenvalue weighted by atomic mass is 10.1. The van der Waals surface area contributed by atoms with Gasteiger partial charge in [-0.1, -0.05) is 24.3 Å². The third-order valence-electron chi connectivity index (χ3n) is 2.64. The number of para-hydroxylation sites is 1. The highest BCUT2D eigenvalue weighted by Crippen LogP contribution is 2.19. The highest BCUT2D eigenvalue weighted by molar-refractivity contribution is 6.11. The molecule has 2 aromatic rings. The Hall–Kier alpha value is -2.42. The number of nitrogens with one attached hydrogen (secondary N) is 1. The SMILES string of the molecule is C1=Cc2ccccc2NN=C1c1cccnc1. The molecule has 1 aliphatic heterocycles. The summed E-state index contributed by atoms with van der Waals surface area (Å²) in [6.45, 7) is 0. The minimum atomic E-state index is 0.884. The second kappa shape index (κ2) is 4.22. The van der Waals surface area contributed by atoms with E-state index in [1.165, 1.54) is 0 Å². The van der Waals surface area contributed by atoms with Crippen LogP contribution in [0.15, 0.2) is 60.0 Å². The van der Waals surface area contributed by atoms with E-state index < -0.39 is 0 Å². The van der Waals surface area contributed by atoms with Crippen LogP contribution in [0.2, 0.25) is 0 Å². The maximum Gasteiger partial charge on any atom is 0.0921 e. The molecule has 0 amide bonds. The first-order chi connectivity index (χ1) is 8.43. The standard InChI is InChI=1S/C14H11N3/c1-2-6-13-11(4-1)7-8-14(17-16-13)12-5-3-9-15-10-12/h1-10,16H. The van der Waals surface area contributed by atoms with Crippen LogP contribution >= 0.6 is 0 Å². The average Bonchev–Trinajstić information content (AvgIpc) is 2.62. The van der Waals surface area contributed by atoms with Crippen LogP contribution in [0.3, 0.4) is 0 Å². The van der Waals surface area contributed by atoms with Gasteiger partial charge in [0, 0.05) is 18.0 Å². The first-order valence-corrected chi connectivity index (χ1v) is 5.45. The molecule has 3 nitrogen and oxygen atoms in total. The van der Waals surface area contributed by atoms with E-state index in [1.807, 2.05) is 36.4 Å². The normalized spacial score (nSPS) is 13.3. The van der Waals surface area contributed by atoms with E-state index in [4.69, 9.17) is 0 Å². The van der Waals surface area contributed by atoms with Crippen molar-refractivity contribution in [2.75, 3.05) is 5.43 Å². The average molecular weight is 221 g/mol. The summed E-state index contributed by atoms with van der Waals surface area (Å²) >= 11 is 0. The Bertz CT molecular complexity index is 585. The van der Waals surface area contributed by atoms with Gasteiger partial charge in [-0.15, -0.1) is 0 Å². The molecular formula is C14H11N3. The summed E-state index contributed by atoms with van der Waals surface area (Å²) in [7, 11) is 0. The molecule has 82 valence electrons. The Morgan fingerprint density at radius 1 is 0.941 bits per heavy atom. The van der Waals surface area contributed by atoms with Crippen molar-refractivity contribution < 1.29 is 0 Å². The van der Waals surface area contributed by atoms with Crippen molar-refractivity contribution >= 4 is 17.5 Å². The molecule has 1 aromatic carbocycles. The summed E-state index contributed by atoms with van der Waals surface area (Å²) in [6.07, 6.45) is 7.62. The molecule has 3 heteroatoms. The van der Waals surface area contributed by atoms with Crippen molar-refractivity contribution in [2.45, 2.75) is 0 Å². The smallest absolute Gasteiger partial charge is 0.0921 e. The van der Waals surface area contributed by atoms with Gasteiger partial charge in [-0.3, -0.25) is 10.4 Å². The minimum Gasteiger partial charge on any atom is -0.277 e. The molecule has 0 saturated heterocycles. The zero-order valence-corrected chi connectivity index (χ0v) is 9.17. The van der Waals surface area contributed by atoms with Crippen LogP contribution < -0.4 is 5.43 Å². The summed E-state index contributed by atoms with van der Waals surface area (Å²) in [4.78, 5) is 4.10. The van der Waals surface area contributed by atoms with Crippen LogP contribution in [0, 0.1) is 0 Å². The predicted octanol–water partition coefficient (Wildman–Crippen LogP) is 2.92. The number of nitrogens with zero attached hydrogens (tertiary/aromatic N) is 2. The number of fused-ring (bicyclic) bond motifs is 1. The largest absolute Gasteiger partial charge is 0.277 e. The molecule has 0 fully saturated rings. The van der Waals surface area contributed by atoms with Crippen molar-refractivity contribution in [3.05, 3.63) is 66.0 Å². The molecule has 0 atom stereocenters. The van der Waals surface area contributed by atoms with Crippen LogP contribution in [-0.2, 0) is 0 Å². The Labute approximate surface area is 99.5 Å². The Balaban J connectivity index is 2.00. The first kappa shape index (κ1) is 9.78. The number of allylic oxidation sites excluding steroid dienone is 1. The van der Waals surface area contributed by atoms with Crippen LogP contribution in [0.25, 0.3) is 6.08 Å². The molecule has 0 spiro atoms. The molecule has 0 saturated carbocycles. The highest BCUT2D eigenvalue weighted by Gasteiger charge is 2.05. The summed E-state index contributed by atoms with van der Waals surface area (Å²) in [5, 5.41) is 4.37. The van der Waals surface area contributed by atoms with E-state index in [0.717, 1.165) is 22.5 Å². The number of hydrogen-bond acceptors (Lipinski definition) is 3. The van der Waals surface area contributed by atoms with Gasteiger partial charge in [-0.05, 0) is 29.8 Å². The van der Waals surface area contributed by atoms with Crippen LogP contribution in [0.1, 0.15) is 11.1 Å². The van der Waals surface area contributed by atoms with Gasteiger partial charge in [0.15, 0.2) is 0 Å². The van der Waals surface area contributed by atoms with Gasteiger partial charge in [0.05, 0.1) is 11.4 Å². The molecule has 1 aliphatic rings. The molecule has 0 bridgehead atoms. The monoisotopic (exact) mass is 221 g/mol. The molecule has 17 heavy (non-hydrogen) atoms. The lowest BCUT2D eigenvalue weighted by molar-refractivity contribution is 1.29. The number of benzene rings is 1. The maximum atomic E-state index is 4.37. The zero-order chi connectivity index (χ0) is 11.5. The van der Waals surface area contributed by atoms with E-state index in [-0.39, 0.29) is 0 Å². The fraction of sp³-hybridized carbons (Fsp3) is 0. The molecule has 0 radical (unpaired) electrons. The van der Waals surface area contributed by atoms with E-state index in [0.29, 0.717) is 0 Å². The fourth-order valence-corrected chi connectivity index (χ4v) is 1.75. The Morgan fingerprint density at radius 3 is 2.76 bits per heavy atom. The summed E-state index contributed by atoms with van der Waals surface area (Å²) in [5.74, 6) is 0. The second-order valence-corrected chi connectivity index (χ2v) is 3.77. The van der Waals surface area contributed by atoms with Gasteiger partial charge < -0.3 is 0 Å². The van der Waals surface area contributed by atoms with Crippen LogP contribution in [-0.4, -0.2) is 10.7 Å². The summed E-state index contributed by atoms with van der Waals surface area (Å²) in [6, 6.07) is 12.0. The summed E-state index contributed by atoms with van der Waals surface area (Å²) < 4.78 is 0. The minimum absolute atomic E-state index is 0.884. The number of hydrogen-bond donors (Lipinski definition) is 1. The lowest BCUT2D eigenvalue weighted by Crippen LogP contribution is -1.99. The molecule has 1 aromatic heterocycles. The number of anilines is 1.